The Hall–Kier alpha value is -2.00. The van der Waals surface area contributed by atoms with Crippen molar-refractivity contribution in [1.29, 1.82) is 0 Å². The topological polar surface area (TPSA) is 43.7 Å². The summed E-state index contributed by atoms with van der Waals surface area (Å²) in [6.07, 6.45) is 7.02. The summed E-state index contributed by atoms with van der Waals surface area (Å²) in [6.45, 7) is 2.12. The molecule has 3 heteroatoms. The monoisotopic (exact) mass is 337 g/mol. The zero-order chi connectivity index (χ0) is 17.3. The molecule has 1 aliphatic heterocycles. The molecule has 3 nitrogen and oxygen atoms in total. The van der Waals surface area contributed by atoms with Gasteiger partial charge in [0.15, 0.2) is 0 Å². The standard InChI is InChI=1S/C22H27NO2/c24-20-8-3-6-18(15-20)22-11-4-7-19(16-22)23(14-12-22)13-10-17-5-1-2-9-21(17)25/h1-3,5-6,8-9,15,19,24-25H,4,7,10-14,16H2/t19-,22+/m1/s1. The lowest BCUT2D eigenvalue weighted by atomic mass is 9.63. The molecule has 2 aromatic carbocycles. The Morgan fingerprint density at radius 3 is 2.76 bits per heavy atom. The van der Waals surface area contributed by atoms with Crippen LogP contribution in [0.5, 0.6) is 11.5 Å². The number of benzene rings is 2. The molecule has 2 atom stereocenters. The van der Waals surface area contributed by atoms with Crippen LogP contribution in [0.4, 0.5) is 0 Å². The van der Waals surface area contributed by atoms with Crippen LogP contribution in [0.25, 0.3) is 0 Å². The Morgan fingerprint density at radius 1 is 1.04 bits per heavy atom. The van der Waals surface area contributed by atoms with Crippen molar-refractivity contribution in [3.8, 4) is 11.5 Å². The largest absolute Gasteiger partial charge is 0.508 e. The Labute approximate surface area is 149 Å². The van der Waals surface area contributed by atoms with Crippen molar-refractivity contribution in [2.24, 2.45) is 0 Å². The smallest absolute Gasteiger partial charge is 0.118 e. The number of hydrogen-bond acceptors (Lipinski definition) is 3. The van der Waals surface area contributed by atoms with Gasteiger partial charge in [-0.15, -0.1) is 0 Å². The first-order valence-electron chi connectivity index (χ1n) is 9.47. The molecule has 0 spiro atoms. The highest BCUT2D eigenvalue weighted by atomic mass is 16.3. The number of aromatic hydroxyl groups is 2. The Kier molecular flexibility index (Phi) is 4.43. The van der Waals surface area contributed by atoms with E-state index in [1.807, 2.05) is 30.3 Å². The van der Waals surface area contributed by atoms with Gasteiger partial charge in [-0.1, -0.05) is 36.8 Å². The first kappa shape index (κ1) is 16.5. The van der Waals surface area contributed by atoms with Gasteiger partial charge < -0.3 is 10.2 Å². The van der Waals surface area contributed by atoms with Crippen molar-refractivity contribution < 1.29 is 10.2 Å². The second-order valence-corrected chi connectivity index (χ2v) is 7.75. The molecule has 0 unspecified atom stereocenters. The van der Waals surface area contributed by atoms with Crippen LogP contribution in [-0.4, -0.2) is 34.2 Å². The van der Waals surface area contributed by atoms with E-state index in [1.165, 1.54) is 31.2 Å². The lowest BCUT2D eigenvalue weighted by Crippen LogP contribution is -2.52. The summed E-state index contributed by atoms with van der Waals surface area (Å²) >= 11 is 0. The first-order valence-corrected chi connectivity index (χ1v) is 9.47. The highest BCUT2D eigenvalue weighted by molar-refractivity contribution is 5.35. The quantitative estimate of drug-likeness (QED) is 0.877. The molecule has 2 aliphatic rings. The number of piperidine rings is 1. The molecule has 2 fully saturated rings. The normalized spacial score (nSPS) is 26.5. The van der Waals surface area contributed by atoms with Crippen LogP contribution in [0.15, 0.2) is 48.5 Å². The average Bonchev–Trinajstić information content (AvgIpc) is 2.63. The van der Waals surface area contributed by atoms with Crippen molar-refractivity contribution in [3.63, 3.8) is 0 Å². The maximum Gasteiger partial charge on any atom is 0.118 e. The lowest BCUT2D eigenvalue weighted by Gasteiger charge is -2.51. The van der Waals surface area contributed by atoms with Crippen LogP contribution in [-0.2, 0) is 11.8 Å². The van der Waals surface area contributed by atoms with E-state index in [-0.39, 0.29) is 5.41 Å². The maximum atomic E-state index is 9.99. The van der Waals surface area contributed by atoms with E-state index in [0.717, 1.165) is 31.5 Å². The summed E-state index contributed by atoms with van der Waals surface area (Å²) < 4.78 is 0. The summed E-state index contributed by atoms with van der Waals surface area (Å²) in [5, 5.41) is 19.9. The molecule has 0 aromatic heterocycles. The van der Waals surface area contributed by atoms with Crippen LogP contribution in [0.3, 0.4) is 0 Å². The van der Waals surface area contributed by atoms with Crippen molar-refractivity contribution >= 4 is 0 Å². The minimum absolute atomic E-state index is 0.243. The Bertz CT molecular complexity index is 744. The molecule has 2 bridgehead atoms. The molecular weight excluding hydrogens is 310 g/mol. The number of phenolic OH excluding ortho intramolecular Hbond substituents is 2. The third kappa shape index (κ3) is 3.25. The van der Waals surface area contributed by atoms with Gasteiger partial charge in [-0.2, -0.15) is 0 Å². The minimum atomic E-state index is 0.243. The zero-order valence-electron chi connectivity index (χ0n) is 14.7. The van der Waals surface area contributed by atoms with Crippen molar-refractivity contribution in [2.45, 2.75) is 50.0 Å². The lowest BCUT2D eigenvalue weighted by molar-refractivity contribution is 0.0523. The van der Waals surface area contributed by atoms with Gasteiger partial charge in [0, 0.05) is 12.6 Å². The predicted molar refractivity (Wildman–Crippen MR) is 100 cm³/mol. The fraction of sp³-hybridized carbons (Fsp3) is 0.455. The van der Waals surface area contributed by atoms with E-state index in [9.17, 15) is 10.2 Å². The summed E-state index contributed by atoms with van der Waals surface area (Å²) in [5.41, 5.74) is 2.60. The molecule has 132 valence electrons. The summed E-state index contributed by atoms with van der Waals surface area (Å²) in [6, 6.07) is 16.2. The van der Waals surface area contributed by atoms with Gasteiger partial charge >= 0.3 is 0 Å². The fourth-order valence-electron chi connectivity index (χ4n) is 4.93. The number of fused-ring (bicyclic) bond motifs is 2. The van der Waals surface area contributed by atoms with Crippen molar-refractivity contribution in [2.75, 3.05) is 13.1 Å². The summed E-state index contributed by atoms with van der Waals surface area (Å²) in [4.78, 5) is 2.62. The Balaban J connectivity index is 1.46. The van der Waals surface area contributed by atoms with E-state index in [4.69, 9.17) is 0 Å². The molecule has 2 aromatic rings. The molecule has 0 amide bonds. The number of phenols is 2. The number of likely N-dealkylation sites (tertiary alicyclic amines) is 1. The fourth-order valence-corrected chi connectivity index (χ4v) is 4.93. The SMILES string of the molecule is Oc1cccc([C@]23CCC[C@H](C2)N(CCc2ccccc2O)CC3)c1. The van der Waals surface area contributed by atoms with Crippen LogP contribution in [0.2, 0.25) is 0 Å². The van der Waals surface area contributed by atoms with Gasteiger partial charge in [-0.05, 0) is 73.4 Å². The average molecular weight is 337 g/mol. The second kappa shape index (κ2) is 6.72. The second-order valence-electron chi connectivity index (χ2n) is 7.75. The number of hydrogen-bond donors (Lipinski definition) is 2. The molecule has 25 heavy (non-hydrogen) atoms. The molecule has 1 saturated carbocycles. The van der Waals surface area contributed by atoms with E-state index in [0.29, 0.717) is 17.5 Å². The summed E-state index contributed by atoms with van der Waals surface area (Å²) in [7, 11) is 0. The number of para-hydroxylation sites is 1. The van der Waals surface area contributed by atoms with Crippen LogP contribution >= 0.6 is 0 Å². The number of nitrogens with zero attached hydrogens (tertiary/aromatic N) is 1. The van der Waals surface area contributed by atoms with Gasteiger partial charge in [-0.25, -0.2) is 0 Å². The molecule has 1 aliphatic carbocycles. The summed E-state index contributed by atoms with van der Waals surface area (Å²) in [5.74, 6) is 0.799. The molecule has 0 radical (unpaired) electrons. The molecule has 1 saturated heterocycles. The van der Waals surface area contributed by atoms with Crippen LogP contribution in [0, 0.1) is 0 Å². The highest BCUT2D eigenvalue weighted by Gasteiger charge is 2.43. The van der Waals surface area contributed by atoms with Gasteiger partial charge in [-0.3, -0.25) is 4.90 Å². The molecule has 4 rings (SSSR count). The third-order valence-electron chi connectivity index (χ3n) is 6.33. The Morgan fingerprint density at radius 2 is 1.92 bits per heavy atom. The van der Waals surface area contributed by atoms with E-state index >= 15 is 0 Å². The molecule has 2 N–H and O–H groups in total. The van der Waals surface area contributed by atoms with E-state index in [2.05, 4.69) is 11.0 Å². The molecule has 1 heterocycles. The van der Waals surface area contributed by atoms with E-state index < -0.39 is 0 Å². The van der Waals surface area contributed by atoms with E-state index in [1.54, 1.807) is 12.1 Å². The maximum absolute atomic E-state index is 9.99. The third-order valence-corrected chi connectivity index (χ3v) is 6.33. The minimum Gasteiger partial charge on any atom is -0.508 e. The van der Waals surface area contributed by atoms with Crippen molar-refractivity contribution in [1.82, 2.24) is 4.90 Å². The predicted octanol–water partition coefficient (Wildman–Crippen LogP) is 4.23. The zero-order valence-corrected chi connectivity index (χ0v) is 14.7. The number of rotatable bonds is 4. The van der Waals surface area contributed by atoms with Crippen molar-refractivity contribution in [3.05, 3.63) is 59.7 Å². The van der Waals surface area contributed by atoms with Gasteiger partial charge in [0.1, 0.15) is 11.5 Å². The van der Waals surface area contributed by atoms with Gasteiger partial charge in [0.2, 0.25) is 0 Å². The van der Waals surface area contributed by atoms with Crippen LogP contribution < -0.4 is 0 Å². The first-order chi connectivity index (χ1) is 12.2. The van der Waals surface area contributed by atoms with Gasteiger partial charge in [0.05, 0.1) is 0 Å². The van der Waals surface area contributed by atoms with Gasteiger partial charge in [0.25, 0.3) is 0 Å². The molecular formula is C22H27NO2. The highest BCUT2D eigenvalue weighted by Crippen LogP contribution is 2.47. The van der Waals surface area contributed by atoms with Crippen LogP contribution in [0.1, 0.15) is 43.2 Å².